The van der Waals surface area contributed by atoms with Crippen molar-refractivity contribution in [1.82, 2.24) is 4.98 Å². The maximum absolute atomic E-state index is 10.7. The molecule has 15 heavy (non-hydrogen) atoms. The molecule has 0 aliphatic heterocycles. The van der Waals surface area contributed by atoms with Crippen LogP contribution in [0.3, 0.4) is 0 Å². The van der Waals surface area contributed by atoms with Gasteiger partial charge in [0, 0.05) is 9.86 Å². The van der Waals surface area contributed by atoms with Gasteiger partial charge >= 0.3 is 5.97 Å². The standard InChI is InChI=1S/C10H5BrClNO2/c11-6-2-1-5-3-8(10(14)15)13-9(12)7(5)4-6/h1-4H,(H,14,15). The van der Waals surface area contributed by atoms with Crippen LogP contribution < -0.4 is 0 Å². The second-order valence-electron chi connectivity index (χ2n) is 2.97. The quantitative estimate of drug-likeness (QED) is 0.818. The third-order valence-corrected chi connectivity index (χ3v) is 2.75. The van der Waals surface area contributed by atoms with Crippen molar-refractivity contribution in [3.05, 3.63) is 39.6 Å². The van der Waals surface area contributed by atoms with Crippen molar-refractivity contribution in [3.8, 4) is 0 Å². The minimum Gasteiger partial charge on any atom is -0.477 e. The van der Waals surface area contributed by atoms with Crippen molar-refractivity contribution >= 4 is 44.3 Å². The number of hydrogen-bond acceptors (Lipinski definition) is 2. The smallest absolute Gasteiger partial charge is 0.354 e. The molecule has 0 spiro atoms. The number of fused-ring (bicyclic) bond motifs is 1. The van der Waals surface area contributed by atoms with Crippen LogP contribution in [0.4, 0.5) is 0 Å². The Morgan fingerprint density at radius 2 is 2.13 bits per heavy atom. The summed E-state index contributed by atoms with van der Waals surface area (Å²) in [6.07, 6.45) is 0. The zero-order chi connectivity index (χ0) is 11.0. The van der Waals surface area contributed by atoms with Gasteiger partial charge < -0.3 is 5.11 Å². The predicted octanol–water partition coefficient (Wildman–Crippen LogP) is 3.35. The van der Waals surface area contributed by atoms with Gasteiger partial charge in [-0.2, -0.15) is 0 Å². The number of pyridine rings is 1. The van der Waals surface area contributed by atoms with E-state index in [1.54, 1.807) is 12.1 Å². The number of rotatable bonds is 1. The molecular formula is C10H5BrClNO2. The molecule has 0 bridgehead atoms. The van der Waals surface area contributed by atoms with Gasteiger partial charge in [-0.15, -0.1) is 0 Å². The summed E-state index contributed by atoms with van der Waals surface area (Å²) >= 11 is 9.19. The molecule has 0 fully saturated rings. The summed E-state index contributed by atoms with van der Waals surface area (Å²) in [5.74, 6) is -1.08. The van der Waals surface area contributed by atoms with E-state index < -0.39 is 5.97 Å². The van der Waals surface area contributed by atoms with Crippen LogP contribution in [0.2, 0.25) is 5.15 Å². The van der Waals surface area contributed by atoms with Crippen LogP contribution in [0.15, 0.2) is 28.7 Å². The SMILES string of the molecule is O=C(O)c1cc2ccc(Br)cc2c(Cl)n1. The Morgan fingerprint density at radius 3 is 2.80 bits per heavy atom. The van der Waals surface area contributed by atoms with Crippen molar-refractivity contribution < 1.29 is 9.90 Å². The van der Waals surface area contributed by atoms with Crippen LogP contribution in [0, 0.1) is 0 Å². The number of nitrogens with zero attached hydrogens (tertiary/aromatic N) is 1. The van der Waals surface area contributed by atoms with Crippen LogP contribution >= 0.6 is 27.5 Å². The fourth-order valence-electron chi connectivity index (χ4n) is 1.29. The molecule has 1 aromatic heterocycles. The number of carboxylic acids is 1. The minimum atomic E-state index is -1.08. The molecule has 5 heteroatoms. The van der Waals surface area contributed by atoms with E-state index >= 15 is 0 Å². The van der Waals surface area contributed by atoms with Crippen LogP contribution in [0.5, 0.6) is 0 Å². The van der Waals surface area contributed by atoms with Crippen LogP contribution in [-0.2, 0) is 0 Å². The lowest BCUT2D eigenvalue weighted by Gasteiger charge is -2.02. The summed E-state index contributed by atoms with van der Waals surface area (Å²) in [5, 5.41) is 10.5. The Morgan fingerprint density at radius 1 is 1.40 bits per heavy atom. The van der Waals surface area contributed by atoms with E-state index in [0.29, 0.717) is 0 Å². The number of carboxylic acid groups (broad SMARTS) is 1. The molecule has 0 atom stereocenters. The third-order valence-electron chi connectivity index (χ3n) is 1.97. The van der Waals surface area contributed by atoms with Crippen molar-refractivity contribution in [2.75, 3.05) is 0 Å². The highest BCUT2D eigenvalue weighted by molar-refractivity contribution is 9.10. The first-order valence-corrected chi connectivity index (χ1v) is 5.24. The number of carbonyl (C=O) groups is 1. The summed E-state index contributed by atoms with van der Waals surface area (Å²) in [6, 6.07) is 6.91. The lowest BCUT2D eigenvalue weighted by atomic mass is 10.1. The molecule has 0 saturated carbocycles. The molecule has 2 aromatic rings. The van der Waals surface area contributed by atoms with Crippen molar-refractivity contribution in [1.29, 1.82) is 0 Å². The largest absolute Gasteiger partial charge is 0.477 e. The van der Waals surface area contributed by atoms with Gasteiger partial charge in [-0.05, 0) is 23.6 Å². The van der Waals surface area contributed by atoms with E-state index in [9.17, 15) is 4.79 Å². The molecule has 0 radical (unpaired) electrons. The maximum atomic E-state index is 10.7. The van der Waals surface area contributed by atoms with Crippen molar-refractivity contribution in [3.63, 3.8) is 0 Å². The van der Waals surface area contributed by atoms with Gasteiger partial charge in [0.2, 0.25) is 0 Å². The van der Waals surface area contributed by atoms with E-state index in [-0.39, 0.29) is 10.8 Å². The highest BCUT2D eigenvalue weighted by Gasteiger charge is 2.09. The molecule has 1 aromatic carbocycles. The minimum absolute atomic E-state index is 0.0465. The Balaban J connectivity index is 2.78. The summed E-state index contributed by atoms with van der Waals surface area (Å²) in [6.45, 7) is 0. The lowest BCUT2D eigenvalue weighted by molar-refractivity contribution is 0.0691. The van der Waals surface area contributed by atoms with Gasteiger partial charge in [0.1, 0.15) is 5.15 Å². The van der Waals surface area contributed by atoms with Gasteiger partial charge in [0.05, 0.1) is 0 Å². The number of aromatic carboxylic acids is 1. The average molecular weight is 287 g/mol. The second kappa shape index (κ2) is 3.79. The number of aromatic nitrogens is 1. The second-order valence-corrected chi connectivity index (χ2v) is 4.24. The molecule has 76 valence electrons. The molecule has 0 amide bonds. The Labute approximate surface area is 98.8 Å². The monoisotopic (exact) mass is 285 g/mol. The van der Waals surface area contributed by atoms with Gasteiger partial charge in [-0.3, -0.25) is 0 Å². The highest BCUT2D eigenvalue weighted by Crippen LogP contribution is 2.25. The fourth-order valence-corrected chi connectivity index (χ4v) is 1.90. The number of benzene rings is 1. The number of hydrogen-bond donors (Lipinski definition) is 1. The summed E-state index contributed by atoms with van der Waals surface area (Å²) in [7, 11) is 0. The molecule has 0 unspecified atom stereocenters. The van der Waals surface area contributed by atoms with Gasteiger partial charge in [-0.1, -0.05) is 33.6 Å². The van der Waals surface area contributed by atoms with E-state index in [0.717, 1.165) is 15.2 Å². The van der Waals surface area contributed by atoms with E-state index in [1.807, 2.05) is 6.07 Å². The van der Waals surface area contributed by atoms with Gasteiger partial charge in [0.15, 0.2) is 5.69 Å². The van der Waals surface area contributed by atoms with E-state index in [4.69, 9.17) is 16.7 Å². The third kappa shape index (κ3) is 1.96. The van der Waals surface area contributed by atoms with E-state index in [1.165, 1.54) is 6.07 Å². The van der Waals surface area contributed by atoms with Crippen molar-refractivity contribution in [2.24, 2.45) is 0 Å². The molecule has 0 aliphatic rings. The maximum Gasteiger partial charge on any atom is 0.354 e. The predicted molar refractivity (Wildman–Crippen MR) is 61.4 cm³/mol. The summed E-state index contributed by atoms with van der Waals surface area (Å²) in [5.41, 5.74) is -0.0465. The molecule has 0 aliphatic carbocycles. The average Bonchev–Trinajstić information content (AvgIpc) is 2.18. The Bertz CT molecular complexity index is 556. The molecule has 0 saturated heterocycles. The van der Waals surface area contributed by atoms with Crippen LogP contribution in [-0.4, -0.2) is 16.1 Å². The Kier molecular flexibility index (Phi) is 2.63. The Hall–Kier alpha value is -1.13. The topological polar surface area (TPSA) is 50.2 Å². The first-order chi connectivity index (χ1) is 7.08. The van der Waals surface area contributed by atoms with Gasteiger partial charge in [-0.25, -0.2) is 9.78 Å². The first kappa shape index (κ1) is 10.4. The van der Waals surface area contributed by atoms with Crippen molar-refractivity contribution in [2.45, 2.75) is 0 Å². The molecule has 1 N–H and O–H groups in total. The number of halogens is 2. The molecule has 3 nitrogen and oxygen atoms in total. The van der Waals surface area contributed by atoms with Crippen LogP contribution in [0.1, 0.15) is 10.5 Å². The highest BCUT2D eigenvalue weighted by atomic mass is 79.9. The lowest BCUT2D eigenvalue weighted by Crippen LogP contribution is -2.00. The molecular weight excluding hydrogens is 281 g/mol. The zero-order valence-corrected chi connectivity index (χ0v) is 9.71. The zero-order valence-electron chi connectivity index (χ0n) is 7.37. The van der Waals surface area contributed by atoms with Crippen LogP contribution in [0.25, 0.3) is 10.8 Å². The summed E-state index contributed by atoms with van der Waals surface area (Å²) in [4.78, 5) is 14.5. The molecule has 1 heterocycles. The normalized spacial score (nSPS) is 10.5. The molecule has 2 rings (SSSR count). The van der Waals surface area contributed by atoms with Gasteiger partial charge in [0.25, 0.3) is 0 Å². The van der Waals surface area contributed by atoms with E-state index in [2.05, 4.69) is 20.9 Å². The fraction of sp³-hybridized carbons (Fsp3) is 0. The summed E-state index contributed by atoms with van der Waals surface area (Å²) < 4.78 is 0.877. The first-order valence-electron chi connectivity index (χ1n) is 4.07.